The number of aromatic hydroxyl groups is 4. The molecule has 7 atom stereocenters. The molecule has 0 aliphatic heterocycles. The fraction of sp³-hybridized carbons (Fsp3) is 0.284. The Hall–Kier alpha value is -15.2. The van der Waals surface area contributed by atoms with Gasteiger partial charge >= 0.3 is 0 Å². The summed E-state index contributed by atoms with van der Waals surface area (Å²) < 4.78 is 208. The molecule has 4 aliphatic rings. The largest absolute Gasteiger partial charge is 0.502 e. The third-order valence-electron chi connectivity index (χ3n) is 26.2. The van der Waals surface area contributed by atoms with Gasteiger partial charge in [-0.05, 0) is 238 Å². The van der Waals surface area contributed by atoms with Crippen molar-refractivity contribution in [3.8, 4) is 69.0 Å². The number of hydrogen-bond donors (Lipinski definition) is 8. The lowest BCUT2D eigenvalue weighted by Crippen LogP contribution is -2.46. The van der Waals surface area contributed by atoms with E-state index in [1.807, 2.05) is 60.7 Å². The zero-order chi connectivity index (χ0) is 102. The van der Waals surface area contributed by atoms with E-state index in [4.69, 9.17) is 46.7 Å². The van der Waals surface area contributed by atoms with E-state index >= 15 is 26.3 Å². The van der Waals surface area contributed by atoms with Crippen LogP contribution in [0.15, 0.2) is 244 Å². The number of nitrogens with one attached hydrogen (secondary N) is 4. The standard InChI is InChI=1S/C29H30F3NO4.C28H27F2NO4.C26H24F3NO5.C26H25F2NO5/c1-17(19-12-24(36-3)27(35)25(13-19)37-4)29(32)22-11-10-20(30)14-21(22)23(28(29,2)31)15-26(34)33-16-18-8-6-5-7-9-18;1-17-21(14-26(32)31-16-18-7-5-4-6-8-18)22-13-20(29)9-10-23(22)28(17,30)15-19-11-24(34-2)27(33)25(12-19)35-3;1-14-19(12-23(31)30-13-17-5-4-8-35-17)20-11-16(27)6-7-18(20)24(14)26(28,29)15-9-21(33-2)25(32)22(10-15)34-3;1-15-19(12-24(30)29-14-18-5-4-8-34-18)20-11-17(27)6-7-21(20)26(15,28)13-16-9-22(32-2)25(31)23(10-16)33-3/h5-14,17,23,35H,15-16H2,1-4H3,(H,33,34);4-13,33H,14-16H2,1-3H3,(H,31,32);4-11,24,32H,12-13H2,1-3H3,(H,30,31);4-11,31H,12-14H2,1-3H3,(H,29,30). The number of rotatable bonds is 32. The quantitative estimate of drug-likeness (QED) is 0.0182. The number of amides is 4. The predicted molar refractivity (Wildman–Crippen MR) is 507 cm³/mol. The number of allylic oxidation sites excluding steroid dienone is 3. The number of hydrogen-bond acceptors (Lipinski definition) is 18. The molecule has 16 rings (SSSR count). The Morgan fingerprint density at radius 1 is 0.397 bits per heavy atom. The van der Waals surface area contributed by atoms with Crippen LogP contribution in [0.2, 0.25) is 0 Å². The van der Waals surface area contributed by atoms with Gasteiger partial charge in [-0.2, -0.15) is 0 Å². The predicted octanol–water partition coefficient (Wildman–Crippen LogP) is 22.1. The van der Waals surface area contributed by atoms with Gasteiger partial charge in [-0.15, -0.1) is 0 Å². The fourth-order valence-electron chi connectivity index (χ4n) is 18.7. The first-order valence-corrected chi connectivity index (χ1v) is 44.7. The van der Waals surface area contributed by atoms with Crippen LogP contribution in [-0.2, 0) is 81.1 Å². The first kappa shape index (κ1) is 103. The fourth-order valence-corrected chi connectivity index (χ4v) is 18.7. The summed E-state index contributed by atoms with van der Waals surface area (Å²) in [5, 5.41) is 51.9. The van der Waals surface area contributed by atoms with Crippen molar-refractivity contribution in [2.75, 3.05) is 56.9 Å². The molecule has 0 bridgehead atoms. The third kappa shape index (κ3) is 21.5. The van der Waals surface area contributed by atoms with E-state index in [0.717, 1.165) is 48.4 Å². The monoisotopic (exact) mass is 1950 g/mol. The van der Waals surface area contributed by atoms with E-state index in [1.54, 1.807) is 50.2 Å². The molecule has 740 valence electrons. The normalized spacial score (nSPS) is 18.1. The van der Waals surface area contributed by atoms with Crippen LogP contribution < -0.4 is 59.2 Å². The van der Waals surface area contributed by atoms with E-state index < -0.39 is 92.7 Å². The SMILES string of the molecule is COc1cc(C(C)C2(F)c3ccc(F)cc3C(CC(=O)NCc3ccccc3)C2(C)F)cc(OC)c1O.COc1cc(C(F)(F)C2C(C)=C(CC(=O)NCc3ccco3)c3cc(F)ccc32)cc(OC)c1O.COc1cc(CC2(F)C(C)=C(CC(=O)NCc3ccccc3)c3cc(F)ccc32)cc(OC)c1O.COc1cc(CC2(F)C(C)=C(CC(=O)NCc3ccco3)c3cc(F)ccc32)cc(OC)c1O. The minimum atomic E-state index is -3.50. The summed E-state index contributed by atoms with van der Waals surface area (Å²) in [7, 11) is 10.7. The molecule has 0 saturated heterocycles. The molecule has 4 aliphatic carbocycles. The Kier molecular flexibility index (Phi) is 31.8. The van der Waals surface area contributed by atoms with Crippen LogP contribution in [0, 0.1) is 23.3 Å². The Labute approximate surface area is 807 Å². The number of benzene rings is 10. The minimum Gasteiger partial charge on any atom is -0.502 e. The van der Waals surface area contributed by atoms with Crippen molar-refractivity contribution >= 4 is 40.3 Å². The molecule has 10 aromatic carbocycles. The Bertz CT molecular complexity index is 6610. The van der Waals surface area contributed by atoms with Crippen LogP contribution in [0.25, 0.3) is 16.7 Å². The summed E-state index contributed by atoms with van der Waals surface area (Å²) in [6, 6.07) is 51.4. The number of fused-ring (bicyclic) bond motifs is 4. The van der Waals surface area contributed by atoms with E-state index in [0.29, 0.717) is 79.3 Å². The minimum absolute atomic E-state index is 0.0155. The molecule has 22 nitrogen and oxygen atoms in total. The van der Waals surface area contributed by atoms with Gasteiger partial charge in [-0.3, -0.25) is 19.2 Å². The van der Waals surface area contributed by atoms with Gasteiger partial charge in [0.25, 0.3) is 5.92 Å². The molecule has 8 N–H and O–H groups in total. The lowest BCUT2D eigenvalue weighted by atomic mass is 9.72. The van der Waals surface area contributed by atoms with Gasteiger partial charge in [-0.25, -0.2) is 43.9 Å². The van der Waals surface area contributed by atoms with Gasteiger partial charge in [0.15, 0.2) is 68.7 Å². The van der Waals surface area contributed by atoms with Crippen molar-refractivity contribution in [2.24, 2.45) is 0 Å². The molecule has 12 aromatic rings. The van der Waals surface area contributed by atoms with Gasteiger partial charge in [0.05, 0.1) is 108 Å². The Morgan fingerprint density at radius 3 is 1.13 bits per heavy atom. The molecule has 2 aromatic heterocycles. The van der Waals surface area contributed by atoms with E-state index in [2.05, 4.69) is 21.3 Å². The molecule has 0 spiro atoms. The van der Waals surface area contributed by atoms with Crippen molar-refractivity contribution in [3.05, 3.63) is 348 Å². The van der Waals surface area contributed by atoms with Crippen molar-refractivity contribution in [2.45, 2.75) is 146 Å². The Morgan fingerprint density at radius 2 is 0.745 bits per heavy atom. The number of methoxy groups -OCH3 is 8. The number of alkyl halides is 6. The first-order chi connectivity index (χ1) is 67.2. The molecule has 7 unspecified atom stereocenters. The maximum Gasteiger partial charge on any atom is 0.283 e. The lowest BCUT2D eigenvalue weighted by Gasteiger charge is -2.39. The second-order valence-electron chi connectivity index (χ2n) is 34.5. The average molecular weight is 1950 g/mol. The summed E-state index contributed by atoms with van der Waals surface area (Å²) in [6.07, 6.45) is 1.98. The van der Waals surface area contributed by atoms with Gasteiger partial charge in [0, 0.05) is 60.9 Å². The van der Waals surface area contributed by atoms with E-state index in [1.165, 1.54) is 162 Å². The molecule has 4 amide bonds. The summed E-state index contributed by atoms with van der Waals surface area (Å²) in [4.78, 5) is 50.9. The van der Waals surface area contributed by atoms with E-state index in [9.17, 15) is 57.2 Å². The summed E-state index contributed by atoms with van der Waals surface area (Å²) in [5.41, 5.74) is -2.45. The third-order valence-corrected chi connectivity index (χ3v) is 26.2. The zero-order valence-electron chi connectivity index (χ0n) is 79.4. The molecule has 0 radical (unpaired) electrons. The van der Waals surface area contributed by atoms with Crippen molar-refractivity contribution in [1.29, 1.82) is 0 Å². The molecular weight excluding hydrogens is 1840 g/mol. The highest BCUT2D eigenvalue weighted by molar-refractivity contribution is 5.95. The average Bonchev–Trinajstić information content (AvgIpc) is 1.49. The van der Waals surface area contributed by atoms with Crippen LogP contribution in [0.3, 0.4) is 0 Å². The maximum absolute atomic E-state index is 17.2. The number of phenols is 4. The summed E-state index contributed by atoms with van der Waals surface area (Å²) in [5.74, 6) is -10.6. The van der Waals surface area contributed by atoms with Crippen molar-refractivity contribution in [1.82, 2.24) is 21.3 Å². The number of halogens is 10. The van der Waals surface area contributed by atoms with Gasteiger partial charge in [0.1, 0.15) is 34.8 Å². The van der Waals surface area contributed by atoms with E-state index in [-0.39, 0.29) is 167 Å². The lowest BCUT2D eigenvalue weighted by molar-refractivity contribution is -0.124. The molecule has 32 heteroatoms. The molecular formula is C109H106F10N4O18. The molecule has 0 saturated carbocycles. The van der Waals surface area contributed by atoms with Gasteiger partial charge in [0.2, 0.25) is 46.6 Å². The van der Waals surface area contributed by atoms with Crippen LogP contribution in [0.4, 0.5) is 43.9 Å². The van der Waals surface area contributed by atoms with Crippen molar-refractivity contribution in [3.63, 3.8) is 0 Å². The highest BCUT2D eigenvalue weighted by atomic mass is 19.3. The summed E-state index contributed by atoms with van der Waals surface area (Å²) >= 11 is 0. The second-order valence-corrected chi connectivity index (χ2v) is 34.5. The smallest absolute Gasteiger partial charge is 0.283 e. The molecule has 141 heavy (non-hydrogen) atoms. The highest BCUT2D eigenvalue weighted by Gasteiger charge is 2.66. The maximum atomic E-state index is 17.2. The molecule has 2 heterocycles. The van der Waals surface area contributed by atoms with Crippen LogP contribution >= 0.6 is 0 Å². The number of carbonyl (C=O) groups is 4. The first-order valence-electron chi connectivity index (χ1n) is 44.7. The van der Waals surface area contributed by atoms with Crippen LogP contribution in [-0.4, -0.2) is 107 Å². The second kappa shape index (κ2) is 43.4. The zero-order valence-corrected chi connectivity index (χ0v) is 79.4. The van der Waals surface area contributed by atoms with Crippen molar-refractivity contribution < 1.29 is 130 Å². The number of carbonyl (C=O) groups excluding carboxylic acids is 4. The Balaban J connectivity index is 0.000000158. The van der Waals surface area contributed by atoms with Gasteiger partial charge in [-0.1, -0.05) is 97.4 Å². The highest BCUT2D eigenvalue weighted by Crippen LogP contribution is 2.65. The van der Waals surface area contributed by atoms with Crippen LogP contribution in [0.5, 0.6) is 69.0 Å². The number of furan rings is 2. The van der Waals surface area contributed by atoms with Crippen LogP contribution in [0.1, 0.15) is 167 Å². The van der Waals surface area contributed by atoms with Gasteiger partial charge < -0.3 is 88.4 Å². The number of phenolic OH excluding ortho intramolecular Hbond substituents is 4. The topological polar surface area (TPSA) is 297 Å². The molecule has 0 fully saturated rings. The number of ether oxygens (including phenoxy) is 8. The summed E-state index contributed by atoms with van der Waals surface area (Å²) in [6.45, 7) is 8.29.